The summed E-state index contributed by atoms with van der Waals surface area (Å²) in [5.41, 5.74) is 4.09. The van der Waals surface area contributed by atoms with Crippen molar-refractivity contribution in [2.24, 2.45) is 0 Å². The van der Waals surface area contributed by atoms with Gasteiger partial charge >= 0.3 is 0 Å². The molecule has 0 unspecified atom stereocenters. The molecule has 1 amide bonds. The van der Waals surface area contributed by atoms with E-state index in [1.165, 1.54) is 12.1 Å². The third-order valence-corrected chi connectivity index (χ3v) is 5.98. The molecule has 2 aromatic carbocycles. The molecule has 0 bridgehead atoms. The van der Waals surface area contributed by atoms with Crippen molar-refractivity contribution in [3.8, 4) is 17.5 Å². The van der Waals surface area contributed by atoms with Gasteiger partial charge in [-0.25, -0.2) is 9.37 Å². The van der Waals surface area contributed by atoms with Crippen molar-refractivity contribution < 1.29 is 13.9 Å². The van der Waals surface area contributed by atoms with Crippen LogP contribution in [0.5, 0.6) is 5.75 Å². The molecule has 3 aromatic rings. The highest BCUT2D eigenvalue weighted by Crippen LogP contribution is 2.31. The largest absolute Gasteiger partial charge is 0.495 e. The molecule has 0 saturated carbocycles. The first-order valence-corrected chi connectivity index (χ1v) is 10.8. The monoisotopic (exact) mass is 444 g/mol. The van der Waals surface area contributed by atoms with Gasteiger partial charge in [0.25, 0.3) is 0 Å². The first-order valence-electron chi connectivity index (χ1n) is 10.8. The average molecular weight is 445 g/mol. The van der Waals surface area contributed by atoms with Crippen LogP contribution in [0.3, 0.4) is 0 Å². The summed E-state index contributed by atoms with van der Waals surface area (Å²) in [6, 6.07) is 11.8. The fourth-order valence-corrected chi connectivity index (χ4v) is 4.16. The average Bonchev–Trinajstić information content (AvgIpc) is 3.26. The minimum absolute atomic E-state index is 0.0140. The smallest absolute Gasteiger partial charge is 0.250 e. The molecule has 1 aliphatic rings. The van der Waals surface area contributed by atoms with Gasteiger partial charge in [0, 0.05) is 18.3 Å². The van der Waals surface area contributed by atoms with E-state index in [0.29, 0.717) is 24.3 Å². The van der Waals surface area contributed by atoms with Crippen LogP contribution in [-0.2, 0) is 4.79 Å². The summed E-state index contributed by atoms with van der Waals surface area (Å²) < 4.78 is 21.2. The maximum atomic E-state index is 13.7. The van der Waals surface area contributed by atoms with Gasteiger partial charge < -0.3 is 14.2 Å². The molecule has 6 nitrogen and oxygen atoms in total. The summed E-state index contributed by atoms with van der Waals surface area (Å²) in [4.78, 5) is 19.3. The summed E-state index contributed by atoms with van der Waals surface area (Å²) in [7, 11) is 1.62. The predicted octanol–water partition coefficient (Wildman–Crippen LogP) is 4.97. The molecule has 0 spiro atoms. The van der Waals surface area contributed by atoms with E-state index >= 15 is 0 Å². The molecule has 4 rings (SSSR count). The molecule has 7 heteroatoms. The number of halogens is 1. The van der Waals surface area contributed by atoms with Crippen LogP contribution in [0.4, 0.5) is 4.39 Å². The lowest BCUT2D eigenvalue weighted by Crippen LogP contribution is -2.38. The van der Waals surface area contributed by atoms with E-state index in [2.05, 4.69) is 4.98 Å². The molecular weight excluding hydrogens is 419 g/mol. The third-order valence-electron chi connectivity index (χ3n) is 5.98. The van der Waals surface area contributed by atoms with Gasteiger partial charge in [0.05, 0.1) is 36.4 Å². The second kappa shape index (κ2) is 9.29. The Labute approximate surface area is 192 Å². The second-order valence-corrected chi connectivity index (χ2v) is 8.15. The highest BCUT2D eigenvalue weighted by Gasteiger charge is 2.28. The Balaban J connectivity index is 1.60. The molecule has 0 aliphatic carbocycles. The van der Waals surface area contributed by atoms with Gasteiger partial charge in [0.2, 0.25) is 5.91 Å². The van der Waals surface area contributed by atoms with Gasteiger partial charge in [-0.3, -0.25) is 4.79 Å². The van der Waals surface area contributed by atoms with Gasteiger partial charge in [0.15, 0.2) is 0 Å². The Morgan fingerprint density at radius 3 is 2.79 bits per heavy atom. The van der Waals surface area contributed by atoms with Crippen LogP contribution < -0.4 is 4.74 Å². The van der Waals surface area contributed by atoms with Gasteiger partial charge in [-0.05, 0) is 68.2 Å². The number of rotatable bonds is 5. The molecule has 2 heterocycles. The Kier molecular flexibility index (Phi) is 6.27. The number of benzene rings is 2. The van der Waals surface area contributed by atoms with Crippen LogP contribution in [-0.4, -0.2) is 34.0 Å². The lowest BCUT2D eigenvalue weighted by Gasteiger charge is -2.34. The molecular formula is C26H25FN4O2. The van der Waals surface area contributed by atoms with Crippen molar-refractivity contribution in [2.75, 3.05) is 13.7 Å². The maximum Gasteiger partial charge on any atom is 0.250 e. The van der Waals surface area contributed by atoms with Crippen LogP contribution in [0.15, 0.2) is 54.5 Å². The highest BCUT2D eigenvalue weighted by atomic mass is 19.1. The fraction of sp³-hybridized carbons (Fsp3) is 0.269. The highest BCUT2D eigenvalue weighted by molar-refractivity contribution is 5.98. The number of carbonyl (C=O) groups excluding carboxylic acids is 1. The Hall–Kier alpha value is -3.92. The molecule has 1 atom stereocenters. The Morgan fingerprint density at radius 2 is 2.09 bits per heavy atom. The molecule has 1 aromatic heterocycles. The van der Waals surface area contributed by atoms with Crippen molar-refractivity contribution in [1.82, 2.24) is 14.5 Å². The lowest BCUT2D eigenvalue weighted by atomic mass is 9.96. The van der Waals surface area contributed by atoms with E-state index < -0.39 is 5.82 Å². The van der Waals surface area contributed by atoms with Crippen molar-refractivity contribution >= 4 is 12.0 Å². The first-order chi connectivity index (χ1) is 15.9. The normalized spacial score (nSPS) is 16.0. The zero-order valence-electron chi connectivity index (χ0n) is 18.9. The van der Waals surface area contributed by atoms with E-state index in [9.17, 15) is 9.18 Å². The number of hydrogen-bond donors (Lipinski definition) is 0. The quantitative estimate of drug-likeness (QED) is 0.521. The van der Waals surface area contributed by atoms with E-state index in [-0.39, 0.29) is 17.5 Å². The van der Waals surface area contributed by atoms with Crippen molar-refractivity contribution in [2.45, 2.75) is 32.7 Å². The summed E-state index contributed by atoms with van der Waals surface area (Å²) >= 11 is 0. The number of hydrogen-bond acceptors (Lipinski definition) is 4. The Bertz CT molecular complexity index is 1270. The third kappa shape index (κ3) is 4.51. The van der Waals surface area contributed by atoms with Gasteiger partial charge in [-0.15, -0.1) is 0 Å². The predicted molar refractivity (Wildman–Crippen MR) is 123 cm³/mol. The number of aromatic nitrogens is 2. The number of nitrogens with zero attached hydrogens (tertiary/aromatic N) is 4. The maximum absolute atomic E-state index is 13.7. The lowest BCUT2D eigenvalue weighted by molar-refractivity contribution is -0.130. The summed E-state index contributed by atoms with van der Waals surface area (Å²) in [6.45, 7) is 4.44. The van der Waals surface area contributed by atoms with Gasteiger partial charge in [-0.2, -0.15) is 5.26 Å². The SMILES string of the molecule is COc1cc(/C=C2\CCCN([C@@H](C)c3ccc(F)c(C#N)c3)C2=O)ccc1-n1cnc(C)c1. The van der Waals surface area contributed by atoms with Crippen molar-refractivity contribution in [3.05, 3.63) is 82.7 Å². The van der Waals surface area contributed by atoms with Crippen LogP contribution in [0.25, 0.3) is 11.8 Å². The topological polar surface area (TPSA) is 71.2 Å². The van der Waals surface area contributed by atoms with E-state index in [1.807, 2.05) is 55.0 Å². The van der Waals surface area contributed by atoms with Crippen molar-refractivity contribution in [1.29, 1.82) is 5.26 Å². The number of piperidine rings is 1. The van der Waals surface area contributed by atoms with E-state index in [0.717, 1.165) is 28.9 Å². The standard InChI is InChI=1S/C26H25FN4O2/c1-17-15-30(16-29-17)24-9-6-19(12-25(24)33-3)11-21-5-4-10-31(26(21)32)18(2)20-7-8-23(27)22(13-20)14-28/h6-9,11-13,15-16,18H,4-5,10H2,1-3H3/b21-11+/t18-/m0/s1. The summed E-state index contributed by atoms with van der Waals surface area (Å²) in [5, 5.41) is 9.13. The molecule has 168 valence electrons. The van der Waals surface area contributed by atoms with E-state index in [1.54, 1.807) is 24.4 Å². The first kappa shape index (κ1) is 22.3. The molecule has 0 radical (unpaired) electrons. The van der Waals surface area contributed by atoms with Crippen LogP contribution in [0, 0.1) is 24.1 Å². The number of imidazole rings is 1. The minimum atomic E-state index is -0.553. The molecule has 1 saturated heterocycles. The van der Waals surface area contributed by atoms with E-state index in [4.69, 9.17) is 10.00 Å². The van der Waals surface area contributed by atoms with Crippen LogP contribution in [0.1, 0.15) is 48.2 Å². The zero-order valence-corrected chi connectivity index (χ0v) is 18.9. The number of carbonyl (C=O) groups is 1. The zero-order chi connectivity index (χ0) is 23.5. The van der Waals surface area contributed by atoms with Crippen molar-refractivity contribution in [3.63, 3.8) is 0 Å². The van der Waals surface area contributed by atoms with Crippen LogP contribution in [0.2, 0.25) is 0 Å². The van der Waals surface area contributed by atoms with Crippen LogP contribution >= 0.6 is 0 Å². The second-order valence-electron chi connectivity index (χ2n) is 8.15. The van der Waals surface area contributed by atoms with Gasteiger partial charge in [-0.1, -0.05) is 12.1 Å². The number of likely N-dealkylation sites (tertiary alicyclic amines) is 1. The number of ether oxygens (including phenoxy) is 1. The molecule has 33 heavy (non-hydrogen) atoms. The van der Waals surface area contributed by atoms with Gasteiger partial charge in [0.1, 0.15) is 17.6 Å². The number of amides is 1. The fourth-order valence-electron chi connectivity index (χ4n) is 4.16. The summed E-state index contributed by atoms with van der Waals surface area (Å²) in [5.74, 6) is 0.0812. The summed E-state index contributed by atoms with van der Waals surface area (Å²) in [6.07, 6.45) is 7.07. The minimum Gasteiger partial charge on any atom is -0.495 e. The number of aryl methyl sites for hydroxylation is 1. The molecule has 0 N–H and O–H groups in total. The molecule has 1 aliphatic heterocycles. The number of nitriles is 1. The Morgan fingerprint density at radius 1 is 1.27 bits per heavy atom. The number of methoxy groups -OCH3 is 1. The molecule has 1 fully saturated rings.